The lowest BCUT2D eigenvalue weighted by atomic mass is 9.90. The Bertz CT molecular complexity index is 1110. The number of hydrogen-bond acceptors (Lipinski definition) is 3. The molecule has 0 aliphatic heterocycles. The van der Waals surface area contributed by atoms with Gasteiger partial charge in [0.1, 0.15) is 6.04 Å². The predicted molar refractivity (Wildman–Crippen MR) is 155 cm³/mol. The fourth-order valence-corrected chi connectivity index (χ4v) is 5.31. The van der Waals surface area contributed by atoms with Gasteiger partial charge in [0.05, 0.1) is 0 Å². The van der Waals surface area contributed by atoms with Crippen LogP contribution in [0.3, 0.4) is 0 Å². The Hall–Kier alpha value is -3.22. The first kappa shape index (κ1) is 26.8. The molecule has 0 saturated heterocycles. The van der Waals surface area contributed by atoms with E-state index in [0.29, 0.717) is 24.1 Å². The third-order valence-electron chi connectivity index (χ3n) is 7.02. The Labute approximate surface area is 226 Å². The molecule has 6 heteroatoms. The van der Waals surface area contributed by atoms with Crippen LogP contribution in [0.1, 0.15) is 42.4 Å². The maximum absolute atomic E-state index is 13.6. The molecule has 4 rings (SSSR count). The average Bonchev–Trinajstić information content (AvgIpc) is 2.93. The molecule has 3 aromatic rings. The molecule has 1 amide bonds. The zero-order valence-electron chi connectivity index (χ0n) is 21.6. The Morgan fingerprint density at radius 2 is 1.38 bits per heavy atom. The average molecular weight is 515 g/mol. The third-order valence-corrected chi connectivity index (χ3v) is 7.25. The van der Waals surface area contributed by atoms with Gasteiger partial charge in [-0.3, -0.25) is 4.79 Å². The van der Waals surface area contributed by atoms with Crippen LogP contribution in [0.5, 0.6) is 0 Å². The van der Waals surface area contributed by atoms with E-state index in [0.717, 1.165) is 30.5 Å². The highest BCUT2D eigenvalue weighted by atomic mass is 32.1. The van der Waals surface area contributed by atoms with E-state index in [1.807, 2.05) is 61.6 Å². The molecule has 1 saturated carbocycles. The monoisotopic (exact) mass is 514 g/mol. The molecular formula is C31H38N4OS. The van der Waals surface area contributed by atoms with Crippen LogP contribution in [-0.2, 0) is 24.3 Å². The molecule has 1 fully saturated rings. The van der Waals surface area contributed by atoms with Crippen molar-refractivity contribution in [1.29, 1.82) is 0 Å². The largest absolute Gasteiger partial charge is 0.358 e. The zero-order chi connectivity index (χ0) is 25.9. The van der Waals surface area contributed by atoms with Gasteiger partial charge in [0.15, 0.2) is 5.11 Å². The van der Waals surface area contributed by atoms with Crippen molar-refractivity contribution in [1.82, 2.24) is 20.9 Å². The predicted octanol–water partition coefficient (Wildman–Crippen LogP) is 4.82. The Morgan fingerprint density at radius 3 is 2.00 bits per heavy atom. The SMILES string of the molecule is CN(Cc1ccccc1)C(=O)C(Cc1ccccc1)NC(=S)N[C@@H]1CCCC[C@H]1NCc1ccccc1. The van der Waals surface area contributed by atoms with Gasteiger partial charge < -0.3 is 20.9 Å². The number of rotatable bonds is 10. The highest BCUT2D eigenvalue weighted by Crippen LogP contribution is 2.19. The van der Waals surface area contributed by atoms with Gasteiger partial charge in [-0.25, -0.2) is 0 Å². The lowest BCUT2D eigenvalue weighted by Crippen LogP contribution is -2.57. The van der Waals surface area contributed by atoms with Crippen LogP contribution < -0.4 is 16.0 Å². The van der Waals surface area contributed by atoms with Gasteiger partial charge in [0, 0.05) is 38.6 Å². The van der Waals surface area contributed by atoms with E-state index in [4.69, 9.17) is 12.2 Å². The summed E-state index contributed by atoms with van der Waals surface area (Å²) < 4.78 is 0. The summed E-state index contributed by atoms with van der Waals surface area (Å²) in [6.45, 7) is 1.39. The van der Waals surface area contributed by atoms with Crippen LogP contribution >= 0.6 is 12.2 Å². The molecule has 3 N–H and O–H groups in total. The van der Waals surface area contributed by atoms with Crippen molar-refractivity contribution >= 4 is 23.2 Å². The molecular weight excluding hydrogens is 476 g/mol. The molecule has 0 heterocycles. The van der Waals surface area contributed by atoms with E-state index < -0.39 is 6.04 Å². The molecule has 37 heavy (non-hydrogen) atoms. The minimum Gasteiger partial charge on any atom is -0.358 e. The van der Waals surface area contributed by atoms with Crippen molar-refractivity contribution < 1.29 is 4.79 Å². The van der Waals surface area contributed by atoms with Crippen LogP contribution in [0.2, 0.25) is 0 Å². The summed E-state index contributed by atoms with van der Waals surface area (Å²) in [6, 6.07) is 30.8. The van der Waals surface area contributed by atoms with E-state index in [1.54, 1.807) is 4.90 Å². The normalized spacial score (nSPS) is 18.0. The molecule has 5 nitrogen and oxygen atoms in total. The Morgan fingerprint density at radius 1 is 0.838 bits per heavy atom. The highest BCUT2D eigenvalue weighted by molar-refractivity contribution is 7.80. The first-order chi connectivity index (χ1) is 18.1. The quantitative estimate of drug-likeness (QED) is 0.339. The molecule has 1 aliphatic carbocycles. The second kappa shape index (κ2) is 13.9. The van der Waals surface area contributed by atoms with Crippen molar-refractivity contribution in [2.45, 2.75) is 63.3 Å². The second-order valence-corrected chi connectivity index (χ2v) is 10.3. The highest BCUT2D eigenvalue weighted by Gasteiger charge is 2.28. The molecule has 0 aromatic heterocycles. The topological polar surface area (TPSA) is 56.4 Å². The summed E-state index contributed by atoms with van der Waals surface area (Å²) in [5, 5.41) is 11.2. The van der Waals surface area contributed by atoms with E-state index in [2.05, 4.69) is 52.3 Å². The smallest absolute Gasteiger partial charge is 0.245 e. The zero-order valence-corrected chi connectivity index (χ0v) is 22.4. The first-order valence-electron chi connectivity index (χ1n) is 13.3. The fourth-order valence-electron chi connectivity index (χ4n) is 5.01. The Kier molecular flexibility index (Phi) is 10.1. The van der Waals surface area contributed by atoms with Gasteiger partial charge >= 0.3 is 0 Å². The number of nitrogens with one attached hydrogen (secondary N) is 3. The van der Waals surface area contributed by atoms with Crippen molar-refractivity contribution in [2.75, 3.05) is 7.05 Å². The lowest BCUT2D eigenvalue weighted by molar-refractivity contribution is -0.132. The van der Waals surface area contributed by atoms with Gasteiger partial charge in [-0.2, -0.15) is 0 Å². The number of thiocarbonyl (C=S) groups is 1. The molecule has 1 unspecified atom stereocenters. The number of likely N-dealkylation sites (N-methyl/N-ethyl adjacent to an activating group) is 1. The standard InChI is InChI=1S/C31H38N4OS/c1-35(23-26-17-9-4-10-18-26)30(36)29(21-24-13-5-2-6-14-24)34-31(37)33-28-20-12-11-19-27(28)32-22-25-15-7-3-8-16-25/h2-10,13-18,27-29,32H,11-12,19-23H2,1H3,(H2,33,34,37)/t27-,28-,29?/m1/s1. The summed E-state index contributed by atoms with van der Waals surface area (Å²) in [5.74, 6) is 0.0271. The number of benzene rings is 3. The summed E-state index contributed by atoms with van der Waals surface area (Å²) in [5.41, 5.74) is 3.49. The molecule has 0 spiro atoms. The van der Waals surface area contributed by atoms with Crippen LogP contribution in [0.25, 0.3) is 0 Å². The van der Waals surface area contributed by atoms with Gasteiger partial charge in [-0.05, 0) is 41.7 Å². The van der Waals surface area contributed by atoms with E-state index in [-0.39, 0.29) is 11.9 Å². The lowest BCUT2D eigenvalue weighted by Gasteiger charge is -2.35. The van der Waals surface area contributed by atoms with Gasteiger partial charge in [0.25, 0.3) is 0 Å². The summed E-state index contributed by atoms with van der Waals surface area (Å²) in [6.07, 6.45) is 5.12. The number of hydrogen-bond donors (Lipinski definition) is 3. The van der Waals surface area contributed by atoms with Crippen LogP contribution in [-0.4, -0.2) is 41.1 Å². The molecule has 194 valence electrons. The number of amides is 1. The number of carbonyl (C=O) groups excluding carboxylic acids is 1. The van der Waals surface area contributed by atoms with Crippen molar-refractivity contribution in [3.8, 4) is 0 Å². The van der Waals surface area contributed by atoms with Gasteiger partial charge in [-0.1, -0.05) is 104 Å². The van der Waals surface area contributed by atoms with Gasteiger partial charge in [0.2, 0.25) is 5.91 Å². The molecule has 3 aromatic carbocycles. The van der Waals surface area contributed by atoms with Gasteiger partial charge in [-0.15, -0.1) is 0 Å². The minimum atomic E-state index is -0.449. The van der Waals surface area contributed by atoms with E-state index in [9.17, 15) is 4.79 Å². The summed E-state index contributed by atoms with van der Waals surface area (Å²) in [7, 11) is 1.86. The van der Waals surface area contributed by atoms with Crippen molar-refractivity contribution in [3.63, 3.8) is 0 Å². The third kappa shape index (κ3) is 8.41. The first-order valence-corrected chi connectivity index (χ1v) is 13.7. The summed E-state index contributed by atoms with van der Waals surface area (Å²) >= 11 is 5.77. The van der Waals surface area contributed by atoms with Crippen LogP contribution in [0.4, 0.5) is 0 Å². The second-order valence-electron chi connectivity index (χ2n) is 9.90. The van der Waals surface area contributed by atoms with Crippen LogP contribution in [0.15, 0.2) is 91.0 Å². The van der Waals surface area contributed by atoms with Crippen molar-refractivity contribution in [3.05, 3.63) is 108 Å². The molecule has 1 aliphatic rings. The van der Waals surface area contributed by atoms with Crippen molar-refractivity contribution in [2.24, 2.45) is 0 Å². The maximum atomic E-state index is 13.6. The fraction of sp³-hybridized carbons (Fsp3) is 0.355. The molecule has 0 bridgehead atoms. The number of nitrogens with zero attached hydrogens (tertiary/aromatic N) is 1. The number of carbonyl (C=O) groups is 1. The Balaban J connectivity index is 1.39. The molecule has 3 atom stereocenters. The van der Waals surface area contributed by atoms with Crippen LogP contribution in [0, 0.1) is 0 Å². The maximum Gasteiger partial charge on any atom is 0.245 e. The summed E-state index contributed by atoms with van der Waals surface area (Å²) in [4.78, 5) is 15.3. The molecule has 0 radical (unpaired) electrons. The minimum absolute atomic E-state index is 0.0271. The van der Waals surface area contributed by atoms with E-state index >= 15 is 0 Å². The van der Waals surface area contributed by atoms with E-state index in [1.165, 1.54) is 18.4 Å².